The fourth-order valence-electron chi connectivity index (χ4n) is 4.67. The Labute approximate surface area is 182 Å². The summed E-state index contributed by atoms with van der Waals surface area (Å²) in [4.78, 5) is 18.6. The summed E-state index contributed by atoms with van der Waals surface area (Å²) in [5.74, 6) is 1.45. The van der Waals surface area contributed by atoms with Crippen molar-refractivity contribution in [1.29, 1.82) is 0 Å². The number of ether oxygens (including phenoxy) is 1. The lowest BCUT2D eigenvalue weighted by atomic mass is 9.89. The van der Waals surface area contributed by atoms with E-state index in [0.717, 1.165) is 42.9 Å². The van der Waals surface area contributed by atoms with Crippen molar-refractivity contribution in [2.45, 2.75) is 25.3 Å². The zero-order chi connectivity index (χ0) is 21.2. The molecule has 1 N–H and O–H groups in total. The lowest BCUT2D eigenvalue weighted by Crippen LogP contribution is -2.38. The first-order chi connectivity index (χ1) is 15.2. The number of aromatic nitrogens is 2. The zero-order valence-corrected chi connectivity index (χ0v) is 17.8. The largest absolute Gasteiger partial charge is 0.497 e. The van der Waals surface area contributed by atoms with E-state index in [1.807, 2.05) is 47.5 Å². The first kappa shape index (κ1) is 19.5. The van der Waals surface area contributed by atoms with Crippen molar-refractivity contribution in [3.63, 3.8) is 0 Å². The molecule has 1 aliphatic heterocycles. The molecular formula is C26H27N3O2. The Morgan fingerprint density at radius 2 is 1.87 bits per heavy atom. The molecule has 0 bridgehead atoms. The molecule has 5 heteroatoms. The second-order valence-electron chi connectivity index (χ2n) is 8.23. The first-order valence-electron chi connectivity index (χ1n) is 10.9. The van der Waals surface area contributed by atoms with Crippen molar-refractivity contribution in [2.75, 3.05) is 20.2 Å². The van der Waals surface area contributed by atoms with Crippen molar-refractivity contribution < 1.29 is 9.53 Å². The van der Waals surface area contributed by atoms with Gasteiger partial charge in [0.15, 0.2) is 0 Å². The van der Waals surface area contributed by atoms with E-state index in [4.69, 9.17) is 4.74 Å². The minimum Gasteiger partial charge on any atom is -0.497 e. The summed E-state index contributed by atoms with van der Waals surface area (Å²) in [5, 5.41) is 1.22. The smallest absolute Gasteiger partial charge is 0.270 e. The van der Waals surface area contributed by atoms with Crippen LogP contribution in [0.3, 0.4) is 0 Å². The Morgan fingerprint density at radius 3 is 2.65 bits per heavy atom. The molecule has 0 atom stereocenters. The van der Waals surface area contributed by atoms with Crippen LogP contribution < -0.4 is 4.74 Å². The first-order valence-corrected chi connectivity index (χ1v) is 10.9. The summed E-state index contributed by atoms with van der Waals surface area (Å²) >= 11 is 0. The standard InChI is InChI=1S/C26H27N3O2/c1-31-21-9-10-24-22(16-21)23(17-27-24)20-11-14-28(15-12-20)26(30)25-8-5-13-29(25)18-19-6-3-2-4-7-19/h2-10,13,16-17,20,27H,11-12,14-15,18H2,1H3. The van der Waals surface area contributed by atoms with Crippen LogP contribution in [0.25, 0.3) is 10.9 Å². The topological polar surface area (TPSA) is 50.3 Å². The number of rotatable bonds is 5. The fraction of sp³-hybridized carbons (Fsp3) is 0.269. The molecule has 5 nitrogen and oxygen atoms in total. The summed E-state index contributed by atoms with van der Waals surface area (Å²) < 4.78 is 7.46. The third-order valence-electron chi connectivity index (χ3n) is 6.39. The molecule has 3 heterocycles. The highest BCUT2D eigenvalue weighted by Gasteiger charge is 2.27. The van der Waals surface area contributed by atoms with Gasteiger partial charge in [0.1, 0.15) is 11.4 Å². The van der Waals surface area contributed by atoms with E-state index in [-0.39, 0.29) is 5.91 Å². The average molecular weight is 414 g/mol. The molecule has 5 rings (SSSR count). The van der Waals surface area contributed by atoms with Gasteiger partial charge in [0.2, 0.25) is 0 Å². The van der Waals surface area contributed by atoms with Crippen molar-refractivity contribution in [2.24, 2.45) is 0 Å². The van der Waals surface area contributed by atoms with Crippen molar-refractivity contribution in [3.8, 4) is 5.75 Å². The summed E-state index contributed by atoms with van der Waals surface area (Å²) in [5.41, 5.74) is 4.42. The van der Waals surface area contributed by atoms with Gasteiger partial charge in [-0.05, 0) is 60.2 Å². The molecule has 1 saturated heterocycles. The molecule has 0 spiro atoms. The molecule has 2 aromatic carbocycles. The van der Waals surface area contributed by atoms with Gasteiger partial charge < -0.3 is 19.2 Å². The van der Waals surface area contributed by atoms with Crippen LogP contribution in [0.1, 0.15) is 40.4 Å². The minimum absolute atomic E-state index is 0.125. The van der Waals surface area contributed by atoms with Crippen LogP contribution in [-0.4, -0.2) is 40.6 Å². The molecule has 1 amide bonds. The second kappa shape index (κ2) is 8.34. The fourth-order valence-corrected chi connectivity index (χ4v) is 4.67. The van der Waals surface area contributed by atoms with Crippen LogP contribution in [0.2, 0.25) is 0 Å². The third-order valence-corrected chi connectivity index (χ3v) is 6.39. The molecule has 0 aliphatic carbocycles. The van der Waals surface area contributed by atoms with Gasteiger partial charge >= 0.3 is 0 Å². The number of methoxy groups -OCH3 is 1. The molecule has 1 aliphatic rings. The highest BCUT2D eigenvalue weighted by molar-refractivity contribution is 5.93. The molecule has 158 valence electrons. The Balaban J connectivity index is 1.28. The van der Waals surface area contributed by atoms with Gasteiger partial charge in [0.05, 0.1) is 7.11 Å². The predicted molar refractivity (Wildman–Crippen MR) is 123 cm³/mol. The van der Waals surface area contributed by atoms with Crippen LogP contribution in [0, 0.1) is 0 Å². The Bertz CT molecular complexity index is 1180. The number of amides is 1. The number of fused-ring (bicyclic) bond motifs is 1. The summed E-state index contributed by atoms with van der Waals surface area (Å²) in [6.07, 6.45) is 6.05. The van der Waals surface area contributed by atoms with Gasteiger partial charge in [-0.1, -0.05) is 30.3 Å². The van der Waals surface area contributed by atoms with E-state index in [1.54, 1.807) is 7.11 Å². The van der Waals surface area contributed by atoms with E-state index in [1.165, 1.54) is 16.5 Å². The van der Waals surface area contributed by atoms with Crippen LogP contribution >= 0.6 is 0 Å². The van der Waals surface area contributed by atoms with Gasteiger partial charge in [-0.3, -0.25) is 4.79 Å². The van der Waals surface area contributed by atoms with Gasteiger partial charge in [-0.15, -0.1) is 0 Å². The molecule has 2 aromatic heterocycles. The quantitative estimate of drug-likeness (QED) is 0.498. The molecule has 4 aromatic rings. The van der Waals surface area contributed by atoms with Gasteiger partial charge in [0.25, 0.3) is 5.91 Å². The average Bonchev–Trinajstić information content (AvgIpc) is 3.46. The number of nitrogens with zero attached hydrogens (tertiary/aromatic N) is 2. The number of benzene rings is 2. The van der Waals surface area contributed by atoms with Crippen molar-refractivity contribution in [3.05, 3.63) is 89.9 Å². The molecule has 0 saturated carbocycles. The number of hydrogen-bond acceptors (Lipinski definition) is 2. The van der Waals surface area contributed by atoms with Crippen LogP contribution in [-0.2, 0) is 6.54 Å². The molecule has 0 unspecified atom stereocenters. The number of aromatic amines is 1. The Morgan fingerprint density at radius 1 is 1.06 bits per heavy atom. The van der Waals surface area contributed by atoms with Crippen LogP contribution in [0.4, 0.5) is 0 Å². The lowest BCUT2D eigenvalue weighted by Gasteiger charge is -2.32. The predicted octanol–water partition coefficient (Wildman–Crippen LogP) is 5.05. The maximum atomic E-state index is 13.2. The molecule has 1 fully saturated rings. The summed E-state index contributed by atoms with van der Waals surface area (Å²) in [6, 6.07) is 20.3. The lowest BCUT2D eigenvalue weighted by molar-refractivity contribution is 0.0703. The zero-order valence-electron chi connectivity index (χ0n) is 17.8. The van der Waals surface area contributed by atoms with E-state index in [0.29, 0.717) is 12.5 Å². The Hall–Kier alpha value is -3.47. The molecule has 0 radical (unpaired) electrons. The number of hydrogen-bond donors (Lipinski definition) is 1. The van der Waals surface area contributed by atoms with Crippen molar-refractivity contribution in [1.82, 2.24) is 14.5 Å². The van der Waals surface area contributed by atoms with E-state index >= 15 is 0 Å². The van der Waals surface area contributed by atoms with Gasteiger partial charge in [-0.25, -0.2) is 0 Å². The number of piperidine rings is 1. The number of carbonyl (C=O) groups is 1. The third kappa shape index (κ3) is 3.83. The number of H-pyrrole nitrogens is 1. The van der Waals surface area contributed by atoms with E-state index < -0.39 is 0 Å². The normalized spacial score (nSPS) is 14.8. The van der Waals surface area contributed by atoms with Crippen molar-refractivity contribution >= 4 is 16.8 Å². The molecule has 31 heavy (non-hydrogen) atoms. The van der Waals surface area contributed by atoms with E-state index in [9.17, 15) is 4.79 Å². The monoisotopic (exact) mass is 413 g/mol. The number of likely N-dealkylation sites (tertiary alicyclic amines) is 1. The second-order valence-corrected chi connectivity index (χ2v) is 8.23. The number of carbonyl (C=O) groups excluding carboxylic acids is 1. The molecular weight excluding hydrogens is 386 g/mol. The van der Waals surface area contributed by atoms with E-state index in [2.05, 4.69) is 40.0 Å². The van der Waals surface area contributed by atoms with Gasteiger partial charge in [-0.2, -0.15) is 0 Å². The minimum atomic E-state index is 0.125. The van der Waals surface area contributed by atoms with Crippen LogP contribution in [0.5, 0.6) is 5.75 Å². The number of nitrogens with one attached hydrogen (secondary N) is 1. The Kier molecular flexibility index (Phi) is 5.24. The summed E-state index contributed by atoms with van der Waals surface area (Å²) in [7, 11) is 1.70. The van der Waals surface area contributed by atoms with Gasteiger partial charge in [0, 0.05) is 42.9 Å². The maximum absolute atomic E-state index is 13.2. The highest BCUT2D eigenvalue weighted by atomic mass is 16.5. The summed E-state index contributed by atoms with van der Waals surface area (Å²) in [6.45, 7) is 2.26. The SMILES string of the molecule is COc1ccc2[nH]cc(C3CCN(C(=O)c4cccn4Cc4ccccc4)CC3)c2c1. The van der Waals surface area contributed by atoms with Crippen LogP contribution in [0.15, 0.2) is 73.1 Å². The maximum Gasteiger partial charge on any atom is 0.270 e. The highest BCUT2D eigenvalue weighted by Crippen LogP contribution is 2.35.